The van der Waals surface area contributed by atoms with Gasteiger partial charge in [0, 0.05) is 26.2 Å². The van der Waals surface area contributed by atoms with Crippen molar-refractivity contribution in [2.75, 3.05) is 27.8 Å². The lowest BCUT2D eigenvalue weighted by atomic mass is 10.1. The number of esters is 1. The molecule has 0 aliphatic carbocycles. The van der Waals surface area contributed by atoms with E-state index in [0.717, 1.165) is 9.87 Å². The molecule has 0 radical (unpaired) electrons. The molecule has 0 aliphatic rings. The molecule has 2 rings (SSSR count). The van der Waals surface area contributed by atoms with Gasteiger partial charge in [-0.3, -0.25) is 4.79 Å². The maximum Gasteiger partial charge on any atom is 0.338 e. The Morgan fingerprint density at radius 1 is 1.10 bits per heavy atom. The van der Waals surface area contributed by atoms with E-state index in [1.165, 1.54) is 39.4 Å². The van der Waals surface area contributed by atoms with Crippen LogP contribution in [0, 0.1) is 6.92 Å². The number of hydrogen-bond acceptors (Lipinski definition) is 6. The average molecular weight is 420 g/mol. The Balaban J connectivity index is 2.01. The molecule has 0 bridgehead atoms. The molecular formula is C20H24N2O6S. The molecule has 156 valence electrons. The molecule has 9 heteroatoms. The summed E-state index contributed by atoms with van der Waals surface area (Å²) in [5.41, 5.74) is 1.42. The van der Waals surface area contributed by atoms with Crippen LogP contribution < -0.4 is 10.1 Å². The van der Waals surface area contributed by atoms with Crippen molar-refractivity contribution >= 4 is 21.9 Å². The van der Waals surface area contributed by atoms with Gasteiger partial charge in [-0.25, -0.2) is 17.5 Å². The van der Waals surface area contributed by atoms with Crippen molar-refractivity contribution in [2.45, 2.75) is 18.4 Å². The number of benzene rings is 2. The number of carbonyl (C=O) groups is 2. The van der Waals surface area contributed by atoms with Crippen LogP contribution in [0.15, 0.2) is 47.4 Å². The molecule has 2 aromatic rings. The van der Waals surface area contributed by atoms with Crippen molar-refractivity contribution in [3.63, 3.8) is 0 Å². The zero-order valence-electron chi connectivity index (χ0n) is 16.8. The lowest BCUT2D eigenvalue weighted by Gasteiger charge is -2.13. The monoisotopic (exact) mass is 420 g/mol. The average Bonchev–Trinajstić information content (AvgIpc) is 2.70. The molecule has 2 aromatic carbocycles. The molecule has 0 aromatic heterocycles. The highest BCUT2D eigenvalue weighted by atomic mass is 32.2. The summed E-state index contributed by atoms with van der Waals surface area (Å²) >= 11 is 0. The van der Waals surface area contributed by atoms with Crippen LogP contribution in [0.3, 0.4) is 0 Å². The summed E-state index contributed by atoms with van der Waals surface area (Å²) < 4.78 is 35.8. The SMILES string of the molecule is COc1ccccc1CNC(=O)COC(=O)c1cc(S(=O)(=O)N(C)C)ccc1C. The van der Waals surface area contributed by atoms with Gasteiger partial charge in [0.25, 0.3) is 5.91 Å². The van der Waals surface area contributed by atoms with Gasteiger partial charge < -0.3 is 14.8 Å². The Morgan fingerprint density at radius 3 is 2.45 bits per heavy atom. The summed E-state index contributed by atoms with van der Waals surface area (Å²) in [6.45, 7) is 1.39. The Hall–Kier alpha value is -2.91. The van der Waals surface area contributed by atoms with E-state index in [2.05, 4.69) is 5.32 Å². The van der Waals surface area contributed by atoms with Crippen LogP contribution in [0.4, 0.5) is 0 Å². The number of rotatable bonds is 8. The van der Waals surface area contributed by atoms with Gasteiger partial charge in [-0.05, 0) is 30.7 Å². The van der Waals surface area contributed by atoms with Crippen molar-refractivity contribution in [1.29, 1.82) is 0 Å². The summed E-state index contributed by atoms with van der Waals surface area (Å²) in [5, 5.41) is 2.65. The van der Waals surface area contributed by atoms with Crippen LogP contribution >= 0.6 is 0 Å². The minimum Gasteiger partial charge on any atom is -0.496 e. The highest BCUT2D eigenvalue weighted by Crippen LogP contribution is 2.19. The molecule has 0 saturated heterocycles. The summed E-state index contributed by atoms with van der Waals surface area (Å²) in [6.07, 6.45) is 0. The largest absolute Gasteiger partial charge is 0.496 e. The summed E-state index contributed by atoms with van der Waals surface area (Å²) in [7, 11) is 0.649. The molecule has 0 aliphatic heterocycles. The molecule has 1 amide bonds. The van der Waals surface area contributed by atoms with E-state index in [1.807, 2.05) is 18.2 Å². The van der Waals surface area contributed by atoms with Crippen molar-refractivity contribution in [2.24, 2.45) is 0 Å². The van der Waals surface area contributed by atoms with Crippen LogP contribution in [0.1, 0.15) is 21.5 Å². The quantitative estimate of drug-likeness (QED) is 0.653. The Morgan fingerprint density at radius 2 is 1.79 bits per heavy atom. The van der Waals surface area contributed by atoms with Gasteiger partial charge in [0.1, 0.15) is 5.75 Å². The lowest BCUT2D eigenvalue weighted by Crippen LogP contribution is -2.28. The third-order valence-electron chi connectivity index (χ3n) is 4.21. The fourth-order valence-corrected chi connectivity index (χ4v) is 3.42. The van der Waals surface area contributed by atoms with Gasteiger partial charge in [0.05, 0.1) is 17.6 Å². The third kappa shape index (κ3) is 5.55. The van der Waals surface area contributed by atoms with Gasteiger partial charge in [0.2, 0.25) is 10.0 Å². The first-order valence-corrected chi connectivity index (χ1v) is 10.2. The van der Waals surface area contributed by atoms with Crippen LogP contribution in [0.5, 0.6) is 5.75 Å². The van der Waals surface area contributed by atoms with Crippen molar-refractivity contribution < 1.29 is 27.5 Å². The Labute approximate surface area is 170 Å². The molecule has 0 atom stereocenters. The highest BCUT2D eigenvalue weighted by Gasteiger charge is 2.21. The first-order valence-electron chi connectivity index (χ1n) is 8.75. The van der Waals surface area contributed by atoms with Crippen LogP contribution in [-0.4, -0.2) is 52.4 Å². The second kappa shape index (κ2) is 9.53. The summed E-state index contributed by atoms with van der Waals surface area (Å²) in [5.74, 6) is -0.621. The van der Waals surface area contributed by atoms with Crippen LogP contribution in [0.2, 0.25) is 0 Å². The molecule has 0 fully saturated rings. The molecular weight excluding hydrogens is 396 g/mol. The van der Waals surface area contributed by atoms with Crippen LogP contribution in [0.25, 0.3) is 0 Å². The number of ether oxygens (including phenoxy) is 2. The van der Waals surface area contributed by atoms with Crippen molar-refractivity contribution in [3.8, 4) is 5.75 Å². The second-order valence-corrected chi connectivity index (χ2v) is 8.58. The Kier molecular flexibility index (Phi) is 7.35. The number of nitrogens with one attached hydrogen (secondary N) is 1. The van der Waals surface area contributed by atoms with Crippen LogP contribution in [-0.2, 0) is 26.1 Å². The molecule has 0 saturated carbocycles. The zero-order valence-corrected chi connectivity index (χ0v) is 17.6. The normalized spacial score (nSPS) is 11.2. The molecule has 29 heavy (non-hydrogen) atoms. The van der Waals surface area contributed by atoms with Gasteiger partial charge >= 0.3 is 5.97 Å². The topological polar surface area (TPSA) is 102 Å². The first-order chi connectivity index (χ1) is 13.7. The van der Waals surface area contributed by atoms with Gasteiger partial charge in [0.15, 0.2) is 6.61 Å². The fraction of sp³-hybridized carbons (Fsp3) is 0.300. The predicted molar refractivity (Wildman–Crippen MR) is 107 cm³/mol. The molecule has 1 N–H and O–H groups in total. The van der Waals surface area contributed by atoms with Crippen molar-refractivity contribution in [3.05, 3.63) is 59.2 Å². The standard InChI is InChI=1S/C20H24N2O6S/c1-14-9-10-16(29(25,26)22(2)3)11-17(14)20(24)28-13-19(23)21-12-15-7-5-6-8-18(15)27-4/h5-11H,12-13H2,1-4H3,(H,21,23). The predicted octanol–water partition coefficient (Wildman–Crippen LogP) is 1.73. The minimum atomic E-state index is -3.69. The molecule has 0 spiro atoms. The number of carbonyl (C=O) groups excluding carboxylic acids is 2. The smallest absolute Gasteiger partial charge is 0.338 e. The zero-order chi connectivity index (χ0) is 21.6. The fourth-order valence-electron chi connectivity index (χ4n) is 2.49. The number of nitrogens with zero attached hydrogens (tertiary/aromatic N) is 1. The maximum atomic E-state index is 12.4. The van der Waals surface area contributed by atoms with Gasteiger partial charge in [-0.15, -0.1) is 0 Å². The highest BCUT2D eigenvalue weighted by molar-refractivity contribution is 7.89. The number of para-hydroxylation sites is 1. The van der Waals surface area contributed by atoms with E-state index in [9.17, 15) is 18.0 Å². The van der Waals surface area contributed by atoms with E-state index >= 15 is 0 Å². The number of aryl methyl sites for hydroxylation is 1. The summed E-state index contributed by atoms with van der Waals surface area (Å²) in [4.78, 5) is 24.4. The number of sulfonamides is 1. The number of amides is 1. The van der Waals surface area contributed by atoms with E-state index in [0.29, 0.717) is 11.3 Å². The van der Waals surface area contributed by atoms with E-state index in [-0.39, 0.29) is 17.0 Å². The first kappa shape index (κ1) is 22.4. The Bertz CT molecular complexity index is 1000. The van der Waals surface area contributed by atoms with E-state index in [4.69, 9.17) is 9.47 Å². The molecule has 0 heterocycles. The molecule has 8 nitrogen and oxygen atoms in total. The third-order valence-corrected chi connectivity index (χ3v) is 6.02. The summed E-state index contributed by atoms with van der Waals surface area (Å²) in [6, 6.07) is 11.4. The lowest BCUT2D eigenvalue weighted by molar-refractivity contribution is -0.124. The van der Waals surface area contributed by atoms with E-state index in [1.54, 1.807) is 13.0 Å². The van der Waals surface area contributed by atoms with Gasteiger partial charge in [-0.2, -0.15) is 0 Å². The number of hydrogen-bond donors (Lipinski definition) is 1. The van der Waals surface area contributed by atoms with E-state index < -0.39 is 28.5 Å². The second-order valence-electron chi connectivity index (χ2n) is 6.43. The maximum absolute atomic E-state index is 12.4. The van der Waals surface area contributed by atoms with Crippen molar-refractivity contribution in [1.82, 2.24) is 9.62 Å². The molecule has 0 unspecified atom stereocenters. The number of methoxy groups -OCH3 is 1. The van der Waals surface area contributed by atoms with Gasteiger partial charge in [-0.1, -0.05) is 24.3 Å². The minimum absolute atomic E-state index is 0.0272.